The first-order valence-electron chi connectivity index (χ1n) is 7.85. The van der Waals surface area contributed by atoms with Crippen molar-refractivity contribution < 1.29 is 18.7 Å². The Bertz CT molecular complexity index is 520. The molecule has 0 radical (unpaired) electrons. The highest BCUT2D eigenvalue weighted by molar-refractivity contribution is 5.78. The van der Waals surface area contributed by atoms with E-state index in [-0.39, 0.29) is 24.9 Å². The van der Waals surface area contributed by atoms with Crippen molar-refractivity contribution in [2.75, 3.05) is 13.2 Å². The summed E-state index contributed by atoms with van der Waals surface area (Å²) in [6.45, 7) is 6.36. The third kappa shape index (κ3) is 7.63. The number of halogens is 1. The molecule has 0 fully saturated rings. The molecule has 0 aliphatic heterocycles. The highest BCUT2D eigenvalue weighted by Gasteiger charge is 2.16. The van der Waals surface area contributed by atoms with Crippen LogP contribution in [0, 0.1) is 11.7 Å². The lowest BCUT2D eigenvalue weighted by Crippen LogP contribution is -2.45. The van der Waals surface area contributed by atoms with E-state index in [0.717, 1.165) is 0 Å². The number of amides is 2. The monoisotopic (exact) mass is 324 g/mol. The van der Waals surface area contributed by atoms with Gasteiger partial charge in [0, 0.05) is 12.6 Å². The van der Waals surface area contributed by atoms with Crippen LogP contribution in [0.15, 0.2) is 24.3 Å². The second-order valence-electron chi connectivity index (χ2n) is 5.76. The number of ether oxygens (including phenoxy) is 1. The van der Waals surface area contributed by atoms with E-state index in [4.69, 9.17) is 4.74 Å². The lowest BCUT2D eigenvalue weighted by atomic mass is 10.0. The highest BCUT2D eigenvalue weighted by atomic mass is 19.1. The molecule has 1 aromatic rings. The van der Waals surface area contributed by atoms with Crippen molar-refractivity contribution in [3.8, 4) is 0 Å². The maximum absolute atomic E-state index is 13.5. The molecule has 1 rings (SSSR count). The molecule has 0 saturated carbocycles. The van der Waals surface area contributed by atoms with Crippen LogP contribution in [0.2, 0.25) is 0 Å². The Morgan fingerprint density at radius 2 is 1.96 bits per heavy atom. The van der Waals surface area contributed by atoms with Gasteiger partial charge in [0.25, 0.3) is 0 Å². The molecule has 1 aromatic carbocycles. The minimum atomic E-state index is -0.499. The lowest BCUT2D eigenvalue weighted by molar-refractivity contribution is -0.120. The first-order chi connectivity index (χ1) is 10.9. The SMILES string of the molecule is CCOC(=O)N[C@@H](CNC(=O)Cc1ccccc1F)CC(C)C. The summed E-state index contributed by atoms with van der Waals surface area (Å²) in [7, 11) is 0. The normalized spacial score (nSPS) is 11.9. The number of carbonyl (C=O) groups excluding carboxylic acids is 2. The molecule has 2 amide bonds. The van der Waals surface area contributed by atoms with Gasteiger partial charge in [-0.05, 0) is 30.9 Å². The van der Waals surface area contributed by atoms with Gasteiger partial charge in [-0.2, -0.15) is 0 Å². The molecule has 0 unspecified atom stereocenters. The van der Waals surface area contributed by atoms with Gasteiger partial charge in [0.1, 0.15) is 5.82 Å². The molecule has 23 heavy (non-hydrogen) atoms. The van der Waals surface area contributed by atoms with Crippen LogP contribution in [-0.4, -0.2) is 31.2 Å². The van der Waals surface area contributed by atoms with Crippen LogP contribution < -0.4 is 10.6 Å². The van der Waals surface area contributed by atoms with Crippen LogP contribution in [-0.2, 0) is 16.0 Å². The largest absolute Gasteiger partial charge is 0.450 e. The summed E-state index contributed by atoms with van der Waals surface area (Å²) in [5.74, 6) is -0.328. The average Bonchev–Trinajstić information content (AvgIpc) is 2.47. The molecule has 0 heterocycles. The molecule has 0 aromatic heterocycles. The fraction of sp³-hybridized carbons (Fsp3) is 0.529. The predicted molar refractivity (Wildman–Crippen MR) is 86.5 cm³/mol. The number of alkyl carbamates (subject to hydrolysis) is 1. The minimum Gasteiger partial charge on any atom is -0.450 e. The van der Waals surface area contributed by atoms with Crippen LogP contribution in [0.25, 0.3) is 0 Å². The van der Waals surface area contributed by atoms with Crippen LogP contribution in [0.1, 0.15) is 32.8 Å². The Balaban J connectivity index is 2.51. The Morgan fingerprint density at radius 1 is 1.26 bits per heavy atom. The number of benzene rings is 1. The topological polar surface area (TPSA) is 67.4 Å². The zero-order chi connectivity index (χ0) is 17.2. The quantitative estimate of drug-likeness (QED) is 0.772. The maximum atomic E-state index is 13.5. The smallest absolute Gasteiger partial charge is 0.407 e. The minimum absolute atomic E-state index is 0.0273. The van der Waals surface area contributed by atoms with Gasteiger partial charge >= 0.3 is 6.09 Å². The molecule has 0 saturated heterocycles. The molecular weight excluding hydrogens is 299 g/mol. The molecule has 128 valence electrons. The fourth-order valence-corrected chi connectivity index (χ4v) is 2.22. The maximum Gasteiger partial charge on any atom is 0.407 e. The molecule has 0 aliphatic carbocycles. The standard InChI is InChI=1S/C17H25FN2O3/c1-4-23-17(22)20-14(9-12(2)3)11-19-16(21)10-13-7-5-6-8-15(13)18/h5-8,12,14H,4,9-11H2,1-3H3,(H,19,21)(H,20,22)/t14-/m1/s1. The molecule has 0 bridgehead atoms. The summed E-state index contributed by atoms with van der Waals surface area (Å²) in [5, 5.41) is 5.47. The summed E-state index contributed by atoms with van der Waals surface area (Å²) in [5.41, 5.74) is 0.351. The second-order valence-corrected chi connectivity index (χ2v) is 5.76. The number of carbonyl (C=O) groups is 2. The van der Waals surface area contributed by atoms with E-state index in [9.17, 15) is 14.0 Å². The second kappa shape index (κ2) is 9.82. The zero-order valence-electron chi connectivity index (χ0n) is 13.9. The Kier molecular flexibility index (Phi) is 8.08. The van der Waals surface area contributed by atoms with Crippen molar-refractivity contribution in [3.05, 3.63) is 35.6 Å². The highest BCUT2D eigenvalue weighted by Crippen LogP contribution is 2.07. The summed E-state index contributed by atoms with van der Waals surface area (Å²) in [6.07, 6.45) is 0.181. The summed E-state index contributed by atoms with van der Waals surface area (Å²) >= 11 is 0. The van der Waals surface area contributed by atoms with E-state index in [1.54, 1.807) is 25.1 Å². The van der Waals surface area contributed by atoms with Crippen molar-refractivity contribution in [3.63, 3.8) is 0 Å². The van der Waals surface area contributed by atoms with Crippen LogP contribution in [0.5, 0.6) is 0 Å². The van der Waals surface area contributed by atoms with Gasteiger partial charge in [-0.15, -0.1) is 0 Å². The third-order valence-electron chi connectivity index (χ3n) is 3.21. The molecule has 2 N–H and O–H groups in total. The predicted octanol–water partition coefficient (Wildman–Crippen LogP) is 2.65. The summed E-state index contributed by atoms with van der Waals surface area (Å²) in [4.78, 5) is 23.5. The lowest BCUT2D eigenvalue weighted by Gasteiger charge is -2.20. The van der Waals surface area contributed by atoms with E-state index in [0.29, 0.717) is 24.5 Å². The van der Waals surface area contributed by atoms with Crippen LogP contribution >= 0.6 is 0 Å². The van der Waals surface area contributed by atoms with Gasteiger partial charge in [0.2, 0.25) is 5.91 Å². The van der Waals surface area contributed by atoms with Gasteiger partial charge in [0.05, 0.1) is 13.0 Å². The summed E-state index contributed by atoms with van der Waals surface area (Å²) in [6, 6.07) is 5.96. The number of hydrogen-bond acceptors (Lipinski definition) is 3. The van der Waals surface area contributed by atoms with Crippen molar-refractivity contribution in [2.24, 2.45) is 5.92 Å². The van der Waals surface area contributed by atoms with Gasteiger partial charge in [-0.1, -0.05) is 32.0 Å². The summed E-state index contributed by atoms with van der Waals surface area (Å²) < 4.78 is 18.4. The zero-order valence-corrected chi connectivity index (χ0v) is 13.9. The van der Waals surface area contributed by atoms with Crippen molar-refractivity contribution in [2.45, 2.75) is 39.7 Å². The van der Waals surface area contributed by atoms with Crippen molar-refractivity contribution in [1.82, 2.24) is 10.6 Å². The Labute approximate surface area is 136 Å². The van der Waals surface area contributed by atoms with E-state index >= 15 is 0 Å². The molecular formula is C17H25FN2O3. The molecule has 5 nitrogen and oxygen atoms in total. The van der Waals surface area contributed by atoms with Gasteiger partial charge < -0.3 is 15.4 Å². The van der Waals surface area contributed by atoms with Gasteiger partial charge in [-0.25, -0.2) is 9.18 Å². The first-order valence-corrected chi connectivity index (χ1v) is 7.85. The number of hydrogen-bond donors (Lipinski definition) is 2. The fourth-order valence-electron chi connectivity index (χ4n) is 2.22. The van der Waals surface area contributed by atoms with Crippen LogP contribution in [0.3, 0.4) is 0 Å². The third-order valence-corrected chi connectivity index (χ3v) is 3.21. The van der Waals surface area contributed by atoms with E-state index < -0.39 is 11.9 Å². The molecule has 1 atom stereocenters. The van der Waals surface area contributed by atoms with E-state index in [1.807, 2.05) is 13.8 Å². The number of rotatable bonds is 8. The average molecular weight is 324 g/mol. The van der Waals surface area contributed by atoms with Gasteiger partial charge in [0.15, 0.2) is 0 Å². The molecule has 6 heteroatoms. The molecule has 0 spiro atoms. The van der Waals surface area contributed by atoms with Crippen LogP contribution in [0.4, 0.5) is 9.18 Å². The van der Waals surface area contributed by atoms with Gasteiger partial charge in [-0.3, -0.25) is 4.79 Å². The van der Waals surface area contributed by atoms with E-state index in [2.05, 4.69) is 10.6 Å². The number of nitrogens with one attached hydrogen (secondary N) is 2. The first kappa shape index (κ1) is 18.9. The van der Waals surface area contributed by atoms with E-state index in [1.165, 1.54) is 6.07 Å². The Hall–Kier alpha value is -2.11. The van der Waals surface area contributed by atoms with Crippen molar-refractivity contribution in [1.29, 1.82) is 0 Å². The Morgan fingerprint density at radius 3 is 2.57 bits per heavy atom. The molecule has 0 aliphatic rings. The van der Waals surface area contributed by atoms with Crippen molar-refractivity contribution >= 4 is 12.0 Å².